The highest BCUT2D eigenvalue weighted by Crippen LogP contribution is 2.31. The molecule has 5 heteroatoms. The van der Waals surface area contributed by atoms with Gasteiger partial charge in [-0.1, -0.05) is 29.8 Å². The summed E-state index contributed by atoms with van der Waals surface area (Å²) in [6.45, 7) is 1.36. The highest BCUT2D eigenvalue weighted by atomic mass is 35.5. The van der Waals surface area contributed by atoms with Crippen LogP contribution in [-0.4, -0.2) is 23.1 Å². The summed E-state index contributed by atoms with van der Waals surface area (Å²) < 4.78 is 1.82. The summed E-state index contributed by atoms with van der Waals surface area (Å²) in [6.07, 6.45) is 0. The van der Waals surface area contributed by atoms with Crippen LogP contribution in [0.2, 0.25) is 5.02 Å². The average molecular weight is 326 g/mol. The van der Waals surface area contributed by atoms with Crippen molar-refractivity contribution in [2.75, 3.05) is 13.6 Å². The van der Waals surface area contributed by atoms with E-state index < -0.39 is 0 Å². The lowest BCUT2D eigenvalue weighted by Crippen LogP contribution is -2.26. The number of fused-ring (bicyclic) bond motifs is 5. The van der Waals surface area contributed by atoms with E-state index in [-0.39, 0.29) is 5.56 Å². The Balaban J connectivity index is 2.22. The van der Waals surface area contributed by atoms with Crippen molar-refractivity contribution in [2.24, 2.45) is 0 Å². The second kappa shape index (κ2) is 5.41. The van der Waals surface area contributed by atoms with Crippen molar-refractivity contribution in [1.29, 1.82) is 0 Å². The monoisotopic (exact) mass is 325 g/mol. The summed E-state index contributed by atoms with van der Waals surface area (Å²) in [5, 5.41) is 6.77. The fourth-order valence-corrected chi connectivity index (χ4v) is 3.39. The Morgan fingerprint density at radius 1 is 1.17 bits per heavy atom. The van der Waals surface area contributed by atoms with Gasteiger partial charge in [-0.05, 0) is 31.3 Å². The molecule has 0 amide bonds. The van der Waals surface area contributed by atoms with Gasteiger partial charge in [-0.2, -0.15) is 0 Å². The Labute approximate surface area is 137 Å². The van der Waals surface area contributed by atoms with E-state index in [0.29, 0.717) is 17.1 Å². The Bertz CT molecular complexity index is 1090. The lowest BCUT2D eigenvalue weighted by atomic mass is 10.1. The van der Waals surface area contributed by atoms with Crippen LogP contribution in [0.15, 0.2) is 47.3 Å². The third-order valence-electron chi connectivity index (χ3n) is 4.27. The molecule has 0 spiro atoms. The minimum Gasteiger partial charge on any atom is -0.350 e. The number of para-hydroxylation sites is 1. The lowest BCUT2D eigenvalue weighted by Gasteiger charge is -2.11. The van der Waals surface area contributed by atoms with Crippen LogP contribution in [0.1, 0.15) is 0 Å². The number of halogens is 1. The molecule has 0 aliphatic carbocycles. The number of aromatic amines is 1. The Morgan fingerprint density at radius 2 is 2.00 bits per heavy atom. The number of benzene rings is 2. The molecule has 4 nitrogen and oxygen atoms in total. The van der Waals surface area contributed by atoms with Gasteiger partial charge in [0.2, 0.25) is 0 Å². The summed E-state index contributed by atoms with van der Waals surface area (Å²) in [7, 11) is 1.89. The molecule has 0 saturated heterocycles. The van der Waals surface area contributed by atoms with Gasteiger partial charge in [-0.3, -0.25) is 4.79 Å². The number of likely N-dealkylation sites (N-methyl/N-ethyl adjacent to an activating group) is 1. The SMILES string of the molecule is CNCCn1c(=O)c2[nH]c3ccc(Cl)cc3c2c2ccccc21. The maximum Gasteiger partial charge on any atom is 0.275 e. The molecule has 0 aliphatic rings. The van der Waals surface area contributed by atoms with E-state index in [1.807, 2.05) is 48.0 Å². The van der Waals surface area contributed by atoms with Gasteiger partial charge in [0, 0.05) is 39.8 Å². The molecule has 0 radical (unpaired) electrons. The van der Waals surface area contributed by atoms with Gasteiger partial charge in [-0.15, -0.1) is 0 Å². The highest BCUT2D eigenvalue weighted by molar-refractivity contribution is 6.32. The molecule has 0 atom stereocenters. The van der Waals surface area contributed by atoms with Crippen LogP contribution in [0.4, 0.5) is 0 Å². The molecule has 2 aromatic heterocycles. The van der Waals surface area contributed by atoms with Gasteiger partial charge in [-0.25, -0.2) is 0 Å². The molecule has 0 bridgehead atoms. The van der Waals surface area contributed by atoms with E-state index in [0.717, 1.165) is 33.7 Å². The molecule has 2 aromatic carbocycles. The minimum absolute atomic E-state index is 0.00118. The highest BCUT2D eigenvalue weighted by Gasteiger charge is 2.15. The molecule has 4 rings (SSSR count). The van der Waals surface area contributed by atoms with Crippen molar-refractivity contribution in [3.8, 4) is 0 Å². The smallest absolute Gasteiger partial charge is 0.275 e. The average Bonchev–Trinajstić information content (AvgIpc) is 2.94. The van der Waals surface area contributed by atoms with E-state index in [1.54, 1.807) is 0 Å². The number of nitrogens with zero attached hydrogens (tertiary/aromatic N) is 1. The van der Waals surface area contributed by atoms with Crippen LogP contribution in [0.3, 0.4) is 0 Å². The predicted molar refractivity (Wildman–Crippen MR) is 96.5 cm³/mol. The quantitative estimate of drug-likeness (QED) is 0.605. The Kier molecular flexibility index (Phi) is 3.36. The first-order chi connectivity index (χ1) is 11.2. The number of nitrogens with one attached hydrogen (secondary N) is 2. The molecule has 2 N–H and O–H groups in total. The number of rotatable bonds is 3. The molecule has 0 saturated carbocycles. The zero-order valence-corrected chi connectivity index (χ0v) is 13.4. The van der Waals surface area contributed by atoms with Gasteiger partial charge in [0.05, 0.1) is 5.52 Å². The zero-order chi connectivity index (χ0) is 16.0. The summed E-state index contributed by atoms with van der Waals surface area (Å²) in [6, 6.07) is 13.7. The molecule has 0 fully saturated rings. The van der Waals surface area contributed by atoms with Crippen LogP contribution in [-0.2, 0) is 6.54 Å². The summed E-state index contributed by atoms with van der Waals surface area (Å²) >= 11 is 6.16. The Morgan fingerprint density at radius 3 is 2.83 bits per heavy atom. The van der Waals surface area contributed by atoms with Crippen LogP contribution in [0.25, 0.3) is 32.7 Å². The minimum atomic E-state index is 0.00118. The largest absolute Gasteiger partial charge is 0.350 e. The number of hydrogen-bond donors (Lipinski definition) is 2. The maximum absolute atomic E-state index is 13.0. The van der Waals surface area contributed by atoms with Crippen molar-refractivity contribution < 1.29 is 0 Å². The number of H-pyrrole nitrogens is 1. The van der Waals surface area contributed by atoms with E-state index in [1.165, 1.54) is 0 Å². The zero-order valence-electron chi connectivity index (χ0n) is 12.7. The Hall–Kier alpha value is -2.30. The van der Waals surface area contributed by atoms with E-state index in [9.17, 15) is 4.79 Å². The maximum atomic E-state index is 13.0. The predicted octanol–water partition coefficient (Wildman–Crippen LogP) is 3.51. The summed E-state index contributed by atoms with van der Waals surface area (Å²) in [5.41, 5.74) is 2.51. The fourth-order valence-electron chi connectivity index (χ4n) is 3.21. The second-order valence-electron chi connectivity index (χ2n) is 5.64. The third-order valence-corrected chi connectivity index (χ3v) is 4.50. The molecule has 4 aromatic rings. The molecule has 116 valence electrons. The van der Waals surface area contributed by atoms with Crippen molar-refractivity contribution in [3.63, 3.8) is 0 Å². The fraction of sp³-hybridized carbons (Fsp3) is 0.167. The number of hydrogen-bond acceptors (Lipinski definition) is 2. The molecular weight excluding hydrogens is 310 g/mol. The first kappa shape index (κ1) is 14.3. The molecule has 0 unspecified atom stereocenters. The standard InChI is InChI=1S/C18H16ClN3O/c1-20-8-9-22-15-5-3-2-4-12(15)16-13-10-11(19)6-7-14(13)21-17(16)18(22)23/h2-7,10,20-21H,8-9H2,1H3. The second-order valence-corrected chi connectivity index (χ2v) is 6.08. The third kappa shape index (κ3) is 2.14. The molecule has 23 heavy (non-hydrogen) atoms. The summed E-state index contributed by atoms with van der Waals surface area (Å²) in [4.78, 5) is 16.2. The van der Waals surface area contributed by atoms with Gasteiger partial charge >= 0.3 is 0 Å². The molecule has 0 aliphatic heterocycles. The van der Waals surface area contributed by atoms with Crippen LogP contribution in [0, 0.1) is 0 Å². The van der Waals surface area contributed by atoms with Crippen molar-refractivity contribution in [2.45, 2.75) is 6.54 Å². The van der Waals surface area contributed by atoms with Gasteiger partial charge in [0.1, 0.15) is 5.52 Å². The van der Waals surface area contributed by atoms with Crippen molar-refractivity contribution in [3.05, 3.63) is 57.8 Å². The normalized spacial score (nSPS) is 11.7. The van der Waals surface area contributed by atoms with Crippen LogP contribution >= 0.6 is 11.6 Å². The van der Waals surface area contributed by atoms with Crippen LogP contribution < -0.4 is 10.9 Å². The summed E-state index contributed by atoms with van der Waals surface area (Å²) in [5.74, 6) is 0. The van der Waals surface area contributed by atoms with Gasteiger partial charge in [0.15, 0.2) is 0 Å². The van der Waals surface area contributed by atoms with Gasteiger partial charge in [0.25, 0.3) is 5.56 Å². The topological polar surface area (TPSA) is 49.8 Å². The van der Waals surface area contributed by atoms with E-state index in [2.05, 4.69) is 16.4 Å². The first-order valence-electron chi connectivity index (χ1n) is 7.58. The first-order valence-corrected chi connectivity index (χ1v) is 7.95. The number of pyridine rings is 1. The van der Waals surface area contributed by atoms with Crippen LogP contribution in [0.5, 0.6) is 0 Å². The number of aromatic nitrogens is 2. The van der Waals surface area contributed by atoms with Crippen molar-refractivity contribution in [1.82, 2.24) is 14.9 Å². The molecule has 2 heterocycles. The van der Waals surface area contributed by atoms with E-state index >= 15 is 0 Å². The molecular formula is C18H16ClN3O. The van der Waals surface area contributed by atoms with Gasteiger partial charge < -0.3 is 14.9 Å². The lowest BCUT2D eigenvalue weighted by molar-refractivity contribution is 0.647. The van der Waals surface area contributed by atoms with Crippen molar-refractivity contribution >= 4 is 44.3 Å². The van der Waals surface area contributed by atoms with E-state index in [4.69, 9.17) is 11.6 Å².